The lowest BCUT2D eigenvalue weighted by Crippen LogP contribution is -2.47. The summed E-state index contributed by atoms with van der Waals surface area (Å²) in [5, 5.41) is 10.7. The fraction of sp³-hybridized carbons (Fsp3) is 0.304. The predicted octanol–water partition coefficient (Wildman–Crippen LogP) is 4.31. The van der Waals surface area contributed by atoms with Crippen molar-refractivity contribution in [3.63, 3.8) is 0 Å². The summed E-state index contributed by atoms with van der Waals surface area (Å²) in [7, 11) is 1.61. The number of ether oxygens (including phenoxy) is 2. The third-order valence-electron chi connectivity index (χ3n) is 5.30. The lowest BCUT2D eigenvalue weighted by Gasteiger charge is -2.42. The lowest BCUT2D eigenvalue weighted by atomic mass is 9.86. The number of carbonyl (C=O) groups excluding carboxylic acids is 1. The van der Waals surface area contributed by atoms with Gasteiger partial charge in [0.1, 0.15) is 11.5 Å². The van der Waals surface area contributed by atoms with E-state index in [1.54, 1.807) is 12.0 Å². The number of hydrogen-bond acceptors (Lipinski definition) is 6. The SMILES string of the molecule is CCOc1ccccc1N1CSC2=C(C#N)[C@H](c3cccc(OC)c3)CC(=O)N2C1. The van der Waals surface area contributed by atoms with E-state index in [2.05, 4.69) is 11.0 Å². The van der Waals surface area contributed by atoms with Crippen molar-refractivity contribution >= 4 is 23.4 Å². The molecule has 7 heteroatoms. The first kappa shape index (κ1) is 20.2. The van der Waals surface area contributed by atoms with Crippen molar-refractivity contribution in [3.05, 3.63) is 64.7 Å². The molecular formula is C23H23N3O3S. The van der Waals surface area contributed by atoms with Crippen LogP contribution in [0, 0.1) is 11.3 Å². The van der Waals surface area contributed by atoms with Gasteiger partial charge in [-0.05, 0) is 36.8 Å². The van der Waals surface area contributed by atoms with Gasteiger partial charge in [-0.2, -0.15) is 5.26 Å². The van der Waals surface area contributed by atoms with Gasteiger partial charge in [0.15, 0.2) is 0 Å². The van der Waals surface area contributed by atoms with E-state index in [9.17, 15) is 10.1 Å². The van der Waals surface area contributed by atoms with Gasteiger partial charge in [0.05, 0.1) is 48.6 Å². The standard InChI is InChI=1S/C23H23N3O3S/c1-3-29-21-10-5-4-9-20(21)25-14-26-22(27)12-18(19(13-24)23(26)30-15-25)16-7-6-8-17(11-16)28-2/h4-11,18H,3,12,14-15H2,1-2H3/t18-/m0/s1. The highest BCUT2D eigenvalue weighted by molar-refractivity contribution is 8.03. The first-order valence-electron chi connectivity index (χ1n) is 9.84. The maximum absolute atomic E-state index is 13.1. The Kier molecular flexibility index (Phi) is 5.86. The number of nitriles is 1. The van der Waals surface area contributed by atoms with Gasteiger partial charge in [0.2, 0.25) is 5.91 Å². The molecule has 4 rings (SSSR count). The van der Waals surface area contributed by atoms with Crippen LogP contribution in [0.3, 0.4) is 0 Å². The molecule has 0 aliphatic carbocycles. The summed E-state index contributed by atoms with van der Waals surface area (Å²) in [5.41, 5.74) is 2.52. The summed E-state index contributed by atoms with van der Waals surface area (Å²) in [6.07, 6.45) is 0.265. The minimum absolute atomic E-state index is 0.0166. The Morgan fingerprint density at radius 2 is 2.07 bits per heavy atom. The van der Waals surface area contributed by atoms with E-state index in [4.69, 9.17) is 9.47 Å². The van der Waals surface area contributed by atoms with Crippen LogP contribution in [0.25, 0.3) is 0 Å². The predicted molar refractivity (Wildman–Crippen MR) is 117 cm³/mol. The summed E-state index contributed by atoms with van der Waals surface area (Å²) < 4.78 is 11.1. The normalized spacial score (nSPS) is 18.7. The number of rotatable bonds is 5. The molecule has 0 radical (unpaired) electrons. The third kappa shape index (κ3) is 3.71. The van der Waals surface area contributed by atoms with Gasteiger partial charge in [0, 0.05) is 12.3 Å². The number of benzene rings is 2. The zero-order valence-electron chi connectivity index (χ0n) is 17.0. The number of thioether (sulfide) groups is 1. The summed E-state index contributed by atoms with van der Waals surface area (Å²) >= 11 is 1.52. The van der Waals surface area contributed by atoms with Crippen LogP contribution in [0.5, 0.6) is 11.5 Å². The van der Waals surface area contributed by atoms with E-state index in [-0.39, 0.29) is 18.2 Å². The van der Waals surface area contributed by atoms with Crippen molar-refractivity contribution in [2.24, 2.45) is 0 Å². The smallest absolute Gasteiger partial charge is 0.229 e. The maximum Gasteiger partial charge on any atom is 0.229 e. The zero-order valence-corrected chi connectivity index (χ0v) is 17.8. The molecule has 0 N–H and O–H groups in total. The molecule has 2 aliphatic heterocycles. The Morgan fingerprint density at radius 1 is 1.23 bits per heavy atom. The molecule has 0 saturated carbocycles. The molecule has 1 fully saturated rings. The minimum atomic E-state index is -0.251. The minimum Gasteiger partial charge on any atom is -0.497 e. The number of fused-ring (bicyclic) bond motifs is 1. The second-order valence-electron chi connectivity index (χ2n) is 7.04. The highest BCUT2D eigenvalue weighted by Crippen LogP contribution is 2.44. The summed E-state index contributed by atoms with van der Waals surface area (Å²) in [4.78, 5) is 16.9. The largest absolute Gasteiger partial charge is 0.497 e. The Balaban J connectivity index is 1.66. The molecule has 2 aliphatic rings. The van der Waals surface area contributed by atoms with Crippen LogP contribution in [-0.2, 0) is 4.79 Å². The molecule has 0 bridgehead atoms. The van der Waals surface area contributed by atoms with Gasteiger partial charge in [-0.1, -0.05) is 36.0 Å². The zero-order chi connectivity index (χ0) is 21.1. The second kappa shape index (κ2) is 8.72. The number of carbonyl (C=O) groups is 1. The van der Waals surface area contributed by atoms with Crippen molar-refractivity contribution in [3.8, 4) is 17.6 Å². The maximum atomic E-state index is 13.1. The molecule has 0 unspecified atom stereocenters. The van der Waals surface area contributed by atoms with Crippen molar-refractivity contribution in [2.45, 2.75) is 19.3 Å². The third-order valence-corrected chi connectivity index (χ3v) is 6.45. The number of amides is 1. The quantitative estimate of drug-likeness (QED) is 0.717. The number of methoxy groups -OCH3 is 1. The van der Waals surface area contributed by atoms with Crippen LogP contribution in [0.1, 0.15) is 24.8 Å². The number of anilines is 1. The van der Waals surface area contributed by atoms with Crippen LogP contribution in [0.4, 0.5) is 5.69 Å². The van der Waals surface area contributed by atoms with Gasteiger partial charge >= 0.3 is 0 Å². The fourth-order valence-corrected chi connectivity index (χ4v) is 5.01. The molecule has 0 spiro atoms. The van der Waals surface area contributed by atoms with Crippen molar-refractivity contribution in [2.75, 3.05) is 31.2 Å². The first-order chi connectivity index (χ1) is 14.7. The van der Waals surface area contributed by atoms with E-state index >= 15 is 0 Å². The van der Waals surface area contributed by atoms with Crippen molar-refractivity contribution in [1.82, 2.24) is 4.90 Å². The van der Waals surface area contributed by atoms with E-state index in [1.165, 1.54) is 11.8 Å². The van der Waals surface area contributed by atoms with Crippen molar-refractivity contribution < 1.29 is 14.3 Å². The Bertz CT molecular complexity index is 1030. The van der Waals surface area contributed by atoms with Gasteiger partial charge in [-0.25, -0.2) is 0 Å². The van der Waals surface area contributed by atoms with Gasteiger partial charge < -0.3 is 14.4 Å². The highest BCUT2D eigenvalue weighted by Gasteiger charge is 2.38. The Labute approximate surface area is 180 Å². The molecule has 6 nitrogen and oxygen atoms in total. The highest BCUT2D eigenvalue weighted by atomic mass is 32.2. The summed E-state index contributed by atoms with van der Waals surface area (Å²) in [5.74, 6) is 1.92. The molecule has 2 aromatic carbocycles. The summed E-state index contributed by atoms with van der Waals surface area (Å²) in [6, 6.07) is 17.8. The van der Waals surface area contributed by atoms with Crippen LogP contribution in [0.2, 0.25) is 0 Å². The Hall–Kier alpha value is -3.11. The summed E-state index contributed by atoms with van der Waals surface area (Å²) in [6.45, 7) is 2.93. The number of nitrogens with zero attached hydrogens (tertiary/aromatic N) is 3. The molecule has 2 aromatic rings. The molecular weight excluding hydrogens is 398 g/mol. The monoisotopic (exact) mass is 421 g/mol. The molecule has 1 saturated heterocycles. The first-order valence-corrected chi connectivity index (χ1v) is 10.8. The van der Waals surface area contributed by atoms with Gasteiger partial charge in [-0.15, -0.1) is 0 Å². The number of allylic oxidation sites excluding steroid dienone is 1. The van der Waals surface area contributed by atoms with Crippen LogP contribution in [-0.4, -0.2) is 37.1 Å². The number of para-hydroxylation sites is 2. The molecule has 154 valence electrons. The van der Waals surface area contributed by atoms with Gasteiger partial charge in [0.25, 0.3) is 0 Å². The molecule has 0 aromatic heterocycles. The van der Waals surface area contributed by atoms with E-state index in [1.807, 2.05) is 55.5 Å². The van der Waals surface area contributed by atoms with Crippen LogP contribution >= 0.6 is 11.8 Å². The number of hydrogen-bond donors (Lipinski definition) is 0. The molecule has 30 heavy (non-hydrogen) atoms. The molecule has 2 heterocycles. The average Bonchev–Trinajstić information content (AvgIpc) is 2.79. The van der Waals surface area contributed by atoms with E-state index < -0.39 is 0 Å². The average molecular weight is 422 g/mol. The lowest BCUT2D eigenvalue weighted by molar-refractivity contribution is -0.129. The fourth-order valence-electron chi connectivity index (χ4n) is 3.85. The van der Waals surface area contributed by atoms with E-state index in [0.29, 0.717) is 24.7 Å². The van der Waals surface area contributed by atoms with Crippen molar-refractivity contribution in [1.29, 1.82) is 5.26 Å². The molecule has 1 amide bonds. The Morgan fingerprint density at radius 3 is 2.83 bits per heavy atom. The van der Waals surface area contributed by atoms with E-state index in [0.717, 1.165) is 27.8 Å². The van der Waals surface area contributed by atoms with Gasteiger partial charge in [-0.3, -0.25) is 9.69 Å². The topological polar surface area (TPSA) is 65.8 Å². The molecule has 1 atom stereocenters. The second-order valence-corrected chi connectivity index (χ2v) is 7.97. The van der Waals surface area contributed by atoms with Crippen LogP contribution in [0.15, 0.2) is 59.1 Å². The van der Waals surface area contributed by atoms with Crippen LogP contribution < -0.4 is 14.4 Å².